The fourth-order valence-electron chi connectivity index (χ4n) is 2.55. The Balaban J connectivity index is 1.56. The van der Waals surface area contributed by atoms with Crippen molar-refractivity contribution in [2.24, 2.45) is 11.1 Å². The second kappa shape index (κ2) is 6.15. The van der Waals surface area contributed by atoms with Crippen LogP contribution in [-0.2, 0) is 12.2 Å². The number of thioether (sulfide) groups is 1. The first-order valence-corrected chi connectivity index (χ1v) is 8.08. The van der Waals surface area contributed by atoms with Gasteiger partial charge < -0.3 is 10.3 Å². The van der Waals surface area contributed by atoms with Gasteiger partial charge >= 0.3 is 0 Å². The van der Waals surface area contributed by atoms with Gasteiger partial charge in [0.1, 0.15) is 5.82 Å². The number of halogens is 1. The second-order valence-electron chi connectivity index (χ2n) is 5.58. The van der Waals surface area contributed by atoms with Crippen molar-refractivity contribution in [3.63, 3.8) is 0 Å². The molecule has 4 nitrogen and oxygen atoms in total. The fourth-order valence-corrected chi connectivity index (χ4v) is 3.29. The Kier molecular flexibility index (Phi) is 4.26. The molecule has 0 saturated heterocycles. The summed E-state index contributed by atoms with van der Waals surface area (Å²) in [5.74, 6) is 1.74. The quantitative estimate of drug-likeness (QED) is 0.830. The fraction of sp³-hybridized carbons (Fsp3) is 0.467. The summed E-state index contributed by atoms with van der Waals surface area (Å²) in [7, 11) is 0. The molecule has 1 saturated carbocycles. The van der Waals surface area contributed by atoms with Crippen LogP contribution in [0.4, 0.5) is 4.39 Å². The first kappa shape index (κ1) is 14.5. The van der Waals surface area contributed by atoms with Crippen molar-refractivity contribution in [2.45, 2.75) is 36.3 Å². The molecule has 6 heteroatoms. The summed E-state index contributed by atoms with van der Waals surface area (Å²) in [5, 5.41) is 4.00. The Morgan fingerprint density at radius 2 is 2.05 bits per heavy atom. The van der Waals surface area contributed by atoms with Gasteiger partial charge in [0.25, 0.3) is 0 Å². The maximum atomic E-state index is 12.8. The minimum absolute atomic E-state index is 0.175. The van der Waals surface area contributed by atoms with Gasteiger partial charge in [-0.05, 0) is 49.1 Å². The Labute approximate surface area is 127 Å². The maximum absolute atomic E-state index is 12.8. The van der Waals surface area contributed by atoms with E-state index in [2.05, 4.69) is 10.1 Å². The van der Waals surface area contributed by atoms with Gasteiger partial charge in [0.2, 0.25) is 5.89 Å². The molecule has 1 aliphatic rings. The lowest BCUT2D eigenvalue weighted by Gasteiger charge is -2.39. The zero-order chi connectivity index (χ0) is 14.7. The number of hydrogen-bond acceptors (Lipinski definition) is 5. The molecule has 1 aliphatic carbocycles. The lowest BCUT2D eigenvalue weighted by Crippen LogP contribution is -2.39. The van der Waals surface area contributed by atoms with Crippen molar-refractivity contribution < 1.29 is 8.91 Å². The third-order valence-electron chi connectivity index (χ3n) is 4.07. The van der Waals surface area contributed by atoms with E-state index in [1.807, 2.05) is 0 Å². The molecular weight excluding hydrogens is 289 g/mol. The lowest BCUT2D eigenvalue weighted by atomic mass is 9.67. The molecule has 0 unspecified atom stereocenters. The minimum Gasteiger partial charge on any atom is -0.339 e. The van der Waals surface area contributed by atoms with Crippen LogP contribution in [0.1, 0.15) is 31.0 Å². The van der Waals surface area contributed by atoms with E-state index in [0.29, 0.717) is 24.0 Å². The molecule has 21 heavy (non-hydrogen) atoms. The van der Waals surface area contributed by atoms with Crippen LogP contribution in [0, 0.1) is 11.2 Å². The van der Waals surface area contributed by atoms with Crippen LogP contribution in [0.5, 0.6) is 0 Å². The van der Waals surface area contributed by atoms with E-state index in [4.69, 9.17) is 10.3 Å². The van der Waals surface area contributed by atoms with Crippen molar-refractivity contribution >= 4 is 11.8 Å². The standard InChI is InChI=1S/C15H18FN3OS/c16-11-2-4-12(5-3-11)21-9-13-18-14(20-19-13)8-15(10-17)6-1-7-15/h2-5H,1,6-10,17H2. The number of hydrogen-bond donors (Lipinski definition) is 1. The summed E-state index contributed by atoms with van der Waals surface area (Å²) >= 11 is 1.56. The van der Waals surface area contributed by atoms with Gasteiger partial charge in [-0.2, -0.15) is 4.98 Å². The molecule has 0 amide bonds. The molecule has 2 N–H and O–H groups in total. The Hall–Kier alpha value is -1.40. The maximum Gasteiger partial charge on any atom is 0.227 e. The van der Waals surface area contributed by atoms with Gasteiger partial charge in [0, 0.05) is 11.3 Å². The lowest BCUT2D eigenvalue weighted by molar-refractivity contribution is 0.129. The molecule has 0 spiro atoms. The van der Waals surface area contributed by atoms with Gasteiger partial charge in [-0.15, -0.1) is 11.8 Å². The predicted octanol–water partition coefficient (Wildman–Crippen LogP) is 3.17. The average molecular weight is 307 g/mol. The summed E-state index contributed by atoms with van der Waals surface area (Å²) in [5.41, 5.74) is 6.02. The normalized spacial score (nSPS) is 16.7. The average Bonchev–Trinajstić information content (AvgIpc) is 2.90. The molecule has 1 heterocycles. The highest BCUT2D eigenvalue weighted by Gasteiger charge is 2.37. The smallest absolute Gasteiger partial charge is 0.227 e. The summed E-state index contributed by atoms with van der Waals surface area (Å²) in [6.07, 6.45) is 4.30. The number of aromatic nitrogens is 2. The summed E-state index contributed by atoms with van der Waals surface area (Å²) in [4.78, 5) is 5.42. The van der Waals surface area contributed by atoms with Crippen LogP contribution >= 0.6 is 11.8 Å². The van der Waals surface area contributed by atoms with Crippen LogP contribution in [0.25, 0.3) is 0 Å². The summed E-state index contributed by atoms with van der Waals surface area (Å²) in [6, 6.07) is 6.40. The summed E-state index contributed by atoms with van der Waals surface area (Å²) < 4.78 is 18.1. The summed E-state index contributed by atoms with van der Waals surface area (Å²) in [6.45, 7) is 0.676. The molecule has 0 radical (unpaired) electrons. The monoisotopic (exact) mass is 307 g/mol. The topological polar surface area (TPSA) is 64.9 Å². The van der Waals surface area contributed by atoms with Gasteiger partial charge in [0.15, 0.2) is 5.82 Å². The zero-order valence-electron chi connectivity index (χ0n) is 11.7. The van der Waals surface area contributed by atoms with E-state index in [0.717, 1.165) is 24.2 Å². The third kappa shape index (κ3) is 3.44. The highest BCUT2D eigenvalue weighted by molar-refractivity contribution is 7.98. The molecule has 1 aromatic carbocycles. The number of nitrogens with zero attached hydrogens (tertiary/aromatic N) is 2. The van der Waals surface area contributed by atoms with Crippen LogP contribution in [0.3, 0.4) is 0 Å². The van der Waals surface area contributed by atoms with E-state index in [1.54, 1.807) is 23.9 Å². The van der Waals surface area contributed by atoms with E-state index in [-0.39, 0.29) is 11.2 Å². The highest BCUT2D eigenvalue weighted by atomic mass is 32.2. The van der Waals surface area contributed by atoms with E-state index in [9.17, 15) is 4.39 Å². The first-order valence-electron chi connectivity index (χ1n) is 7.09. The van der Waals surface area contributed by atoms with Crippen molar-refractivity contribution in [3.8, 4) is 0 Å². The largest absolute Gasteiger partial charge is 0.339 e. The van der Waals surface area contributed by atoms with Crippen molar-refractivity contribution in [2.75, 3.05) is 6.54 Å². The van der Waals surface area contributed by atoms with Crippen molar-refractivity contribution in [1.82, 2.24) is 10.1 Å². The Bertz CT molecular complexity index is 590. The minimum atomic E-state index is -0.228. The van der Waals surface area contributed by atoms with Crippen LogP contribution in [0.15, 0.2) is 33.7 Å². The molecular formula is C15H18FN3OS. The van der Waals surface area contributed by atoms with Crippen LogP contribution < -0.4 is 5.73 Å². The second-order valence-corrected chi connectivity index (χ2v) is 6.63. The molecule has 0 aliphatic heterocycles. The van der Waals surface area contributed by atoms with Gasteiger partial charge in [-0.25, -0.2) is 4.39 Å². The number of rotatable bonds is 6. The molecule has 0 atom stereocenters. The SMILES string of the molecule is NCC1(Cc2nc(CSc3ccc(F)cc3)no2)CCC1. The van der Waals surface area contributed by atoms with Crippen LogP contribution in [-0.4, -0.2) is 16.7 Å². The van der Waals surface area contributed by atoms with Gasteiger partial charge in [0.05, 0.1) is 5.75 Å². The van der Waals surface area contributed by atoms with E-state index in [1.165, 1.54) is 18.6 Å². The number of nitrogens with two attached hydrogens (primary N) is 1. The molecule has 0 bridgehead atoms. The van der Waals surface area contributed by atoms with Crippen molar-refractivity contribution in [3.05, 3.63) is 41.8 Å². The zero-order valence-corrected chi connectivity index (χ0v) is 12.5. The third-order valence-corrected chi connectivity index (χ3v) is 5.07. The number of benzene rings is 1. The van der Waals surface area contributed by atoms with Crippen molar-refractivity contribution in [1.29, 1.82) is 0 Å². The van der Waals surface area contributed by atoms with E-state index >= 15 is 0 Å². The van der Waals surface area contributed by atoms with E-state index < -0.39 is 0 Å². The first-order chi connectivity index (χ1) is 10.2. The van der Waals surface area contributed by atoms with Gasteiger partial charge in [-0.1, -0.05) is 11.6 Å². The molecule has 2 aromatic rings. The van der Waals surface area contributed by atoms with Gasteiger partial charge in [-0.3, -0.25) is 0 Å². The Morgan fingerprint density at radius 3 is 2.67 bits per heavy atom. The highest BCUT2D eigenvalue weighted by Crippen LogP contribution is 2.42. The molecule has 1 fully saturated rings. The molecule has 112 valence electrons. The van der Waals surface area contributed by atoms with Crippen LogP contribution in [0.2, 0.25) is 0 Å². The predicted molar refractivity (Wildman–Crippen MR) is 79.3 cm³/mol. The molecule has 3 rings (SSSR count). The Morgan fingerprint density at radius 1 is 1.29 bits per heavy atom. The molecule has 1 aromatic heterocycles.